The minimum Gasteiger partial charge on any atom is -0.332 e. The number of amides is 2. The van der Waals surface area contributed by atoms with Gasteiger partial charge in [-0.1, -0.05) is 17.7 Å². The third-order valence-corrected chi connectivity index (χ3v) is 3.22. The van der Waals surface area contributed by atoms with Crippen molar-refractivity contribution in [1.82, 2.24) is 4.90 Å². The summed E-state index contributed by atoms with van der Waals surface area (Å²) in [5, 5.41) is 2.63. The van der Waals surface area contributed by atoms with Crippen LogP contribution >= 0.6 is 0 Å². The molecule has 2 rings (SSSR count). The van der Waals surface area contributed by atoms with Crippen molar-refractivity contribution in [2.24, 2.45) is 0 Å². The Labute approximate surface area is 132 Å². The Hall–Kier alpha value is -2.76. The summed E-state index contributed by atoms with van der Waals surface area (Å²) in [5.41, 5.74) is 1.24. The molecule has 120 valence electrons. The van der Waals surface area contributed by atoms with E-state index in [4.69, 9.17) is 0 Å². The number of anilines is 1. The van der Waals surface area contributed by atoms with Gasteiger partial charge in [0.05, 0.1) is 12.1 Å². The fraction of sp³-hybridized carbons (Fsp3) is 0.176. The van der Waals surface area contributed by atoms with E-state index < -0.39 is 29.0 Å². The Morgan fingerprint density at radius 3 is 2.39 bits per heavy atom. The molecule has 0 heterocycles. The van der Waals surface area contributed by atoms with Crippen LogP contribution in [0.5, 0.6) is 0 Å². The van der Waals surface area contributed by atoms with Gasteiger partial charge in [-0.2, -0.15) is 0 Å². The summed E-state index contributed by atoms with van der Waals surface area (Å²) in [4.78, 5) is 25.0. The topological polar surface area (TPSA) is 49.4 Å². The lowest BCUT2D eigenvalue weighted by molar-refractivity contribution is -0.116. The molecule has 0 saturated heterocycles. The maximum absolute atomic E-state index is 13.6. The van der Waals surface area contributed by atoms with E-state index in [0.717, 1.165) is 28.7 Å². The Balaban J connectivity index is 2.01. The molecule has 0 aliphatic carbocycles. The number of nitrogens with one attached hydrogen (secondary N) is 1. The Morgan fingerprint density at radius 2 is 1.74 bits per heavy atom. The summed E-state index contributed by atoms with van der Waals surface area (Å²) in [5.74, 6) is -2.74. The summed E-state index contributed by atoms with van der Waals surface area (Å²) < 4.78 is 26.7. The van der Waals surface area contributed by atoms with Crippen LogP contribution in [0.2, 0.25) is 0 Å². The van der Waals surface area contributed by atoms with Crippen LogP contribution in [-0.2, 0) is 4.79 Å². The van der Waals surface area contributed by atoms with Gasteiger partial charge < -0.3 is 10.2 Å². The molecule has 0 aliphatic heterocycles. The zero-order valence-corrected chi connectivity index (χ0v) is 12.8. The van der Waals surface area contributed by atoms with Gasteiger partial charge in [0.25, 0.3) is 5.91 Å². The molecule has 0 fully saturated rings. The van der Waals surface area contributed by atoms with Crippen LogP contribution in [0, 0.1) is 18.6 Å². The highest BCUT2D eigenvalue weighted by Crippen LogP contribution is 2.12. The average molecular weight is 318 g/mol. The van der Waals surface area contributed by atoms with E-state index in [1.165, 1.54) is 7.05 Å². The second kappa shape index (κ2) is 7.00. The minimum absolute atomic E-state index is 0.275. The molecule has 0 aromatic heterocycles. The van der Waals surface area contributed by atoms with Gasteiger partial charge in [-0.05, 0) is 37.3 Å². The fourth-order valence-electron chi connectivity index (χ4n) is 1.99. The number of hydrogen-bond donors (Lipinski definition) is 1. The first-order valence-electron chi connectivity index (χ1n) is 6.94. The van der Waals surface area contributed by atoms with Gasteiger partial charge in [-0.3, -0.25) is 9.59 Å². The molecule has 0 unspecified atom stereocenters. The molecule has 2 amide bonds. The molecule has 2 aromatic rings. The van der Waals surface area contributed by atoms with Gasteiger partial charge in [0.15, 0.2) is 0 Å². The number of carbonyl (C=O) groups excluding carboxylic acids is 2. The van der Waals surface area contributed by atoms with Crippen molar-refractivity contribution < 1.29 is 18.4 Å². The Bertz CT molecular complexity index is 730. The van der Waals surface area contributed by atoms with Gasteiger partial charge in [-0.25, -0.2) is 8.78 Å². The fourth-order valence-corrected chi connectivity index (χ4v) is 1.99. The molecule has 0 saturated carbocycles. The van der Waals surface area contributed by atoms with E-state index >= 15 is 0 Å². The molecule has 0 aliphatic rings. The molecular weight excluding hydrogens is 302 g/mol. The number of hydrogen-bond acceptors (Lipinski definition) is 2. The molecular formula is C17H16F2N2O2. The van der Waals surface area contributed by atoms with Crippen LogP contribution in [0.4, 0.5) is 14.5 Å². The average Bonchev–Trinajstić information content (AvgIpc) is 2.51. The highest BCUT2D eigenvalue weighted by Gasteiger charge is 2.19. The number of aryl methyl sites for hydroxylation is 1. The molecule has 0 bridgehead atoms. The van der Waals surface area contributed by atoms with Crippen molar-refractivity contribution in [3.8, 4) is 0 Å². The number of carbonyl (C=O) groups is 2. The SMILES string of the molecule is Cc1ccc(NC(=O)CN(C)C(=O)c2cc(F)ccc2F)cc1. The summed E-state index contributed by atoms with van der Waals surface area (Å²) in [7, 11) is 1.35. The zero-order valence-electron chi connectivity index (χ0n) is 12.8. The molecule has 0 radical (unpaired) electrons. The molecule has 2 aromatic carbocycles. The lowest BCUT2D eigenvalue weighted by Crippen LogP contribution is -2.35. The number of benzene rings is 2. The third kappa shape index (κ3) is 4.35. The smallest absolute Gasteiger partial charge is 0.257 e. The van der Waals surface area contributed by atoms with Crippen LogP contribution in [0.3, 0.4) is 0 Å². The minimum atomic E-state index is -0.831. The van der Waals surface area contributed by atoms with E-state index in [0.29, 0.717) is 5.69 Å². The maximum atomic E-state index is 13.6. The van der Waals surface area contributed by atoms with Crippen molar-refractivity contribution in [2.75, 3.05) is 18.9 Å². The van der Waals surface area contributed by atoms with Crippen LogP contribution in [0.25, 0.3) is 0 Å². The lowest BCUT2D eigenvalue weighted by Gasteiger charge is -2.17. The first-order valence-corrected chi connectivity index (χ1v) is 6.94. The van der Waals surface area contributed by atoms with E-state index in [1.807, 2.05) is 19.1 Å². The van der Waals surface area contributed by atoms with E-state index in [1.54, 1.807) is 12.1 Å². The normalized spacial score (nSPS) is 10.3. The van der Waals surface area contributed by atoms with Gasteiger partial charge in [0, 0.05) is 12.7 Å². The van der Waals surface area contributed by atoms with Crippen LogP contribution in [-0.4, -0.2) is 30.3 Å². The summed E-state index contributed by atoms with van der Waals surface area (Å²) in [6.45, 7) is 1.65. The molecule has 6 heteroatoms. The van der Waals surface area contributed by atoms with Crippen molar-refractivity contribution >= 4 is 17.5 Å². The van der Waals surface area contributed by atoms with Crippen LogP contribution in [0.15, 0.2) is 42.5 Å². The predicted octanol–water partition coefficient (Wildman–Crippen LogP) is 2.98. The Morgan fingerprint density at radius 1 is 1.09 bits per heavy atom. The number of halogens is 2. The number of nitrogens with zero attached hydrogens (tertiary/aromatic N) is 1. The van der Waals surface area contributed by atoms with Gasteiger partial charge in [0.1, 0.15) is 11.6 Å². The number of rotatable bonds is 4. The molecule has 0 spiro atoms. The predicted molar refractivity (Wildman–Crippen MR) is 83.1 cm³/mol. The van der Waals surface area contributed by atoms with Crippen molar-refractivity contribution in [3.05, 3.63) is 65.2 Å². The summed E-state index contributed by atoms with van der Waals surface area (Å²) in [6, 6.07) is 9.77. The van der Waals surface area contributed by atoms with Crippen molar-refractivity contribution in [1.29, 1.82) is 0 Å². The highest BCUT2D eigenvalue weighted by atomic mass is 19.1. The molecule has 0 atom stereocenters. The largest absolute Gasteiger partial charge is 0.332 e. The molecule has 4 nitrogen and oxygen atoms in total. The standard InChI is InChI=1S/C17H16F2N2O2/c1-11-3-6-13(7-4-11)20-16(22)10-21(2)17(23)14-9-12(18)5-8-15(14)19/h3-9H,10H2,1-2H3,(H,20,22). The van der Waals surface area contributed by atoms with E-state index in [2.05, 4.69) is 5.32 Å². The van der Waals surface area contributed by atoms with Crippen molar-refractivity contribution in [3.63, 3.8) is 0 Å². The van der Waals surface area contributed by atoms with Crippen LogP contribution < -0.4 is 5.32 Å². The second-order valence-electron chi connectivity index (χ2n) is 5.20. The maximum Gasteiger partial charge on any atom is 0.257 e. The summed E-state index contributed by atoms with van der Waals surface area (Å²) in [6.07, 6.45) is 0. The van der Waals surface area contributed by atoms with Gasteiger partial charge in [0.2, 0.25) is 5.91 Å². The van der Waals surface area contributed by atoms with Crippen LogP contribution in [0.1, 0.15) is 15.9 Å². The summed E-state index contributed by atoms with van der Waals surface area (Å²) >= 11 is 0. The first kappa shape index (κ1) is 16.6. The Kier molecular flexibility index (Phi) is 5.05. The van der Waals surface area contributed by atoms with Crippen molar-refractivity contribution in [2.45, 2.75) is 6.92 Å². The third-order valence-electron chi connectivity index (χ3n) is 3.22. The lowest BCUT2D eigenvalue weighted by atomic mass is 10.2. The monoisotopic (exact) mass is 318 g/mol. The van der Waals surface area contributed by atoms with Gasteiger partial charge in [-0.15, -0.1) is 0 Å². The van der Waals surface area contributed by atoms with Gasteiger partial charge >= 0.3 is 0 Å². The number of likely N-dealkylation sites (N-methyl/N-ethyl adjacent to an activating group) is 1. The quantitative estimate of drug-likeness (QED) is 0.942. The zero-order chi connectivity index (χ0) is 17.0. The second-order valence-corrected chi connectivity index (χ2v) is 5.20. The first-order chi connectivity index (χ1) is 10.9. The molecule has 1 N–H and O–H groups in total. The highest BCUT2D eigenvalue weighted by molar-refractivity contribution is 5.99. The van der Waals surface area contributed by atoms with E-state index in [-0.39, 0.29) is 6.54 Å². The molecule has 23 heavy (non-hydrogen) atoms. The van der Waals surface area contributed by atoms with E-state index in [9.17, 15) is 18.4 Å².